The number of nitrogens with two attached hydrogens (primary N) is 2. The van der Waals surface area contributed by atoms with Gasteiger partial charge < -0.3 is 47.7 Å². The summed E-state index contributed by atoms with van der Waals surface area (Å²) in [7, 11) is 0. The van der Waals surface area contributed by atoms with Gasteiger partial charge in [0, 0.05) is 18.3 Å². The smallest absolute Gasteiger partial charge is 0.326 e. The number of aromatic nitrogens is 2. The van der Waals surface area contributed by atoms with Crippen molar-refractivity contribution in [3.63, 3.8) is 0 Å². The fourth-order valence-electron chi connectivity index (χ4n) is 2.86. The molecule has 0 bridgehead atoms. The predicted molar refractivity (Wildman–Crippen MR) is 115 cm³/mol. The number of aliphatic hydroxyl groups is 2. The summed E-state index contributed by atoms with van der Waals surface area (Å²) >= 11 is 0. The van der Waals surface area contributed by atoms with Crippen LogP contribution in [0.2, 0.25) is 0 Å². The fraction of sp³-hybridized carbons (Fsp3) is 0.632. The van der Waals surface area contributed by atoms with Gasteiger partial charge >= 0.3 is 5.97 Å². The van der Waals surface area contributed by atoms with Crippen molar-refractivity contribution >= 4 is 23.7 Å². The van der Waals surface area contributed by atoms with Crippen LogP contribution in [0.4, 0.5) is 0 Å². The molecular weight excluding hydrogens is 438 g/mol. The van der Waals surface area contributed by atoms with E-state index in [0.29, 0.717) is 25.1 Å². The maximum absolute atomic E-state index is 12.9. The molecule has 1 aromatic rings. The van der Waals surface area contributed by atoms with Crippen LogP contribution in [0, 0.1) is 0 Å². The Kier molecular flexibility index (Phi) is 12.0. The van der Waals surface area contributed by atoms with E-state index in [2.05, 4.69) is 25.9 Å². The van der Waals surface area contributed by atoms with E-state index < -0.39 is 60.6 Å². The van der Waals surface area contributed by atoms with Crippen LogP contribution < -0.4 is 27.4 Å². The first-order valence-electron chi connectivity index (χ1n) is 10.5. The predicted octanol–water partition coefficient (Wildman–Crippen LogP) is -3.68. The highest BCUT2D eigenvalue weighted by Gasteiger charge is 2.32. The number of nitrogens with one attached hydrogen (secondary N) is 4. The van der Waals surface area contributed by atoms with Gasteiger partial charge in [0.1, 0.15) is 24.2 Å². The third-order valence-electron chi connectivity index (χ3n) is 4.77. The van der Waals surface area contributed by atoms with Crippen molar-refractivity contribution in [1.29, 1.82) is 0 Å². The van der Waals surface area contributed by atoms with Gasteiger partial charge in [-0.1, -0.05) is 0 Å². The topological polar surface area (TPSA) is 246 Å². The number of H-pyrrole nitrogens is 1. The number of hydrogen-bond acceptors (Lipinski definition) is 9. The third kappa shape index (κ3) is 9.53. The van der Waals surface area contributed by atoms with E-state index in [0.717, 1.165) is 0 Å². The number of rotatable bonds is 15. The number of carboxylic acids is 1. The van der Waals surface area contributed by atoms with Crippen molar-refractivity contribution in [1.82, 2.24) is 25.9 Å². The fourth-order valence-corrected chi connectivity index (χ4v) is 2.86. The van der Waals surface area contributed by atoms with Gasteiger partial charge in [-0.3, -0.25) is 14.4 Å². The number of carbonyl (C=O) groups excluding carboxylic acids is 3. The molecule has 186 valence electrons. The molecule has 14 heteroatoms. The quantitative estimate of drug-likeness (QED) is 0.113. The van der Waals surface area contributed by atoms with E-state index in [9.17, 15) is 29.4 Å². The standard InChI is InChI=1S/C19H33N7O7/c1-10(28)15(18(31)24-13(19(32)33)4-2-3-5-20)26-17(30)14(6-11-7-22-9-23-11)25-16(29)12(21)8-27/h7,9-10,12-15,27-28H,2-6,8,20-21H2,1H3,(H,22,23)(H,24,31)(H,25,29)(H,26,30)(H,32,33). The number of hydrogen-bond donors (Lipinski definition) is 9. The second-order valence-corrected chi connectivity index (χ2v) is 7.54. The third-order valence-corrected chi connectivity index (χ3v) is 4.77. The molecule has 1 aromatic heterocycles. The largest absolute Gasteiger partial charge is 0.480 e. The molecule has 0 aliphatic rings. The summed E-state index contributed by atoms with van der Waals surface area (Å²) in [6.07, 6.45) is 2.52. The minimum absolute atomic E-state index is 0.0549. The summed E-state index contributed by atoms with van der Waals surface area (Å²) in [4.78, 5) is 55.7. The van der Waals surface area contributed by atoms with Gasteiger partial charge in [-0.05, 0) is 32.7 Å². The summed E-state index contributed by atoms with van der Waals surface area (Å²) in [5.41, 5.74) is 11.4. The lowest BCUT2D eigenvalue weighted by atomic mass is 10.1. The van der Waals surface area contributed by atoms with Crippen molar-refractivity contribution in [3.05, 3.63) is 18.2 Å². The highest BCUT2D eigenvalue weighted by Crippen LogP contribution is 2.05. The minimum Gasteiger partial charge on any atom is -0.480 e. The molecule has 14 nitrogen and oxygen atoms in total. The van der Waals surface area contributed by atoms with Gasteiger partial charge in [0.25, 0.3) is 0 Å². The summed E-state index contributed by atoms with van der Waals surface area (Å²) < 4.78 is 0. The van der Waals surface area contributed by atoms with Gasteiger partial charge in [0.15, 0.2) is 0 Å². The molecule has 0 saturated carbocycles. The molecule has 5 atom stereocenters. The second-order valence-electron chi connectivity index (χ2n) is 7.54. The number of unbranched alkanes of at least 4 members (excludes halogenated alkanes) is 1. The Bertz CT molecular complexity index is 773. The Hall–Kier alpha value is -3.07. The van der Waals surface area contributed by atoms with Crippen LogP contribution in [0.3, 0.4) is 0 Å². The van der Waals surface area contributed by atoms with Crippen LogP contribution in [-0.2, 0) is 25.6 Å². The molecule has 0 aliphatic heterocycles. The molecule has 11 N–H and O–H groups in total. The molecule has 1 heterocycles. The Morgan fingerprint density at radius 2 is 1.76 bits per heavy atom. The molecule has 0 radical (unpaired) electrons. The molecule has 33 heavy (non-hydrogen) atoms. The van der Waals surface area contributed by atoms with Gasteiger partial charge in [0.2, 0.25) is 17.7 Å². The normalized spacial score (nSPS) is 15.5. The van der Waals surface area contributed by atoms with E-state index in [1.807, 2.05) is 0 Å². The maximum Gasteiger partial charge on any atom is 0.326 e. The number of aliphatic hydroxyl groups excluding tert-OH is 2. The minimum atomic E-state index is -1.50. The molecule has 3 amide bonds. The summed E-state index contributed by atoms with van der Waals surface area (Å²) in [5, 5.41) is 35.5. The monoisotopic (exact) mass is 471 g/mol. The number of nitrogens with zero attached hydrogens (tertiary/aromatic N) is 1. The Labute approximate surface area is 190 Å². The van der Waals surface area contributed by atoms with Crippen molar-refractivity contribution in [2.24, 2.45) is 11.5 Å². The molecule has 0 saturated heterocycles. The Morgan fingerprint density at radius 3 is 2.27 bits per heavy atom. The van der Waals surface area contributed by atoms with Crippen LogP contribution in [0.5, 0.6) is 0 Å². The van der Waals surface area contributed by atoms with Gasteiger partial charge in [-0.25, -0.2) is 9.78 Å². The highest BCUT2D eigenvalue weighted by molar-refractivity contribution is 5.94. The highest BCUT2D eigenvalue weighted by atomic mass is 16.4. The molecule has 0 aromatic carbocycles. The molecule has 5 unspecified atom stereocenters. The van der Waals surface area contributed by atoms with E-state index in [1.54, 1.807) is 0 Å². The van der Waals surface area contributed by atoms with Crippen molar-refractivity contribution in [2.45, 2.75) is 62.9 Å². The van der Waals surface area contributed by atoms with Gasteiger partial charge in [0.05, 0.1) is 19.0 Å². The number of aliphatic carboxylic acids is 1. The first kappa shape index (κ1) is 28.0. The van der Waals surface area contributed by atoms with E-state index >= 15 is 0 Å². The number of imidazole rings is 1. The van der Waals surface area contributed by atoms with Crippen LogP contribution in [0.15, 0.2) is 12.5 Å². The lowest BCUT2D eigenvalue weighted by Gasteiger charge is -2.26. The molecule has 1 rings (SSSR count). The van der Waals surface area contributed by atoms with Gasteiger partial charge in [-0.15, -0.1) is 0 Å². The molecular formula is C19H33N7O7. The second kappa shape index (κ2) is 14.2. The number of amides is 3. The SMILES string of the molecule is CC(O)C(NC(=O)C(Cc1cnc[nH]1)NC(=O)C(N)CO)C(=O)NC(CCCCN)C(=O)O. The number of carboxylic acid groups (broad SMARTS) is 1. The summed E-state index contributed by atoms with van der Waals surface area (Å²) in [6, 6.07) is -5.24. The number of carbonyl (C=O) groups is 4. The van der Waals surface area contributed by atoms with Crippen molar-refractivity contribution in [3.8, 4) is 0 Å². The zero-order valence-corrected chi connectivity index (χ0v) is 18.4. The van der Waals surface area contributed by atoms with Crippen molar-refractivity contribution in [2.75, 3.05) is 13.2 Å². The average molecular weight is 472 g/mol. The van der Waals surface area contributed by atoms with E-state index in [1.165, 1.54) is 19.4 Å². The summed E-state index contributed by atoms with van der Waals surface area (Å²) in [5.74, 6) is -3.81. The first-order chi connectivity index (χ1) is 15.6. The first-order valence-corrected chi connectivity index (χ1v) is 10.5. The Balaban J connectivity index is 2.94. The average Bonchev–Trinajstić information content (AvgIpc) is 3.28. The van der Waals surface area contributed by atoms with Gasteiger partial charge in [-0.2, -0.15) is 0 Å². The van der Waals surface area contributed by atoms with Crippen LogP contribution in [-0.4, -0.2) is 92.4 Å². The van der Waals surface area contributed by atoms with Crippen LogP contribution >= 0.6 is 0 Å². The summed E-state index contributed by atoms with van der Waals surface area (Å²) in [6.45, 7) is 0.971. The lowest BCUT2D eigenvalue weighted by molar-refractivity contribution is -0.143. The Morgan fingerprint density at radius 1 is 1.09 bits per heavy atom. The van der Waals surface area contributed by atoms with Crippen molar-refractivity contribution < 1.29 is 34.5 Å². The van der Waals surface area contributed by atoms with Crippen LogP contribution in [0.1, 0.15) is 31.9 Å². The molecule has 0 fully saturated rings. The molecule has 0 aliphatic carbocycles. The zero-order chi connectivity index (χ0) is 25.0. The lowest BCUT2D eigenvalue weighted by Crippen LogP contribution is -2.60. The molecule has 0 spiro atoms. The van der Waals surface area contributed by atoms with E-state index in [4.69, 9.17) is 16.6 Å². The van der Waals surface area contributed by atoms with Crippen LogP contribution in [0.25, 0.3) is 0 Å². The number of aromatic amines is 1. The zero-order valence-electron chi connectivity index (χ0n) is 18.4. The maximum atomic E-state index is 12.9. The van der Waals surface area contributed by atoms with E-state index in [-0.39, 0.29) is 12.8 Å².